The Morgan fingerprint density at radius 3 is 2.00 bits per heavy atom. The van der Waals surface area contributed by atoms with Crippen LogP contribution in [0.4, 0.5) is 0 Å². The summed E-state index contributed by atoms with van der Waals surface area (Å²) in [6.45, 7) is 3.09. The van der Waals surface area contributed by atoms with Crippen LogP contribution in [-0.2, 0) is 4.74 Å². The molecule has 1 nitrogen and oxygen atoms in total. The number of hydrogen-bond acceptors (Lipinski definition) is 1. The molecule has 0 saturated heterocycles. The molecule has 2 rings (SSSR count). The summed E-state index contributed by atoms with van der Waals surface area (Å²) >= 11 is 0. The van der Waals surface area contributed by atoms with Crippen molar-refractivity contribution in [3.8, 4) is 0 Å². The third-order valence-electron chi connectivity index (χ3n) is 6.53. The predicted molar refractivity (Wildman–Crippen MR) is 112 cm³/mol. The van der Waals surface area contributed by atoms with Gasteiger partial charge in [0.15, 0.2) is 6.71 Å². The summed E-state index contributed by atoms with van der Waals surface area (Å²) in [6.07, 6.45) is 28.0. The summed E-state index contributed by atoms with van der Waals surface area (Å²) in [5, 5.41) is 0. The Bertz CT molecular complexity index is 371. The number of unbranched alkanes of at least 4 members (excludes halogenated alkanes) is 4. The fourth-order valence-corrected chi connectivity index (χ4v) is 5.22. The zero-order chi connectivity index (χ0) is 17.7. The van der Waals surface area contributed by atoms with E-state index in [4.69, 9.17) is 4.74 Å². The van der Waals surface area contributed by atoms with Crippen molar-refractivity contribution in [2.24, 2.45) is 0 Å². The van der Waals surface area contributed by atoms with Gasteiger partial charge in [-0.3, -0.25) is 0 Å². The first-order valence-electron chi connectivity index (χ1n) is 11.3. The molecule has 0 aromatic carbocycles. The molecule has 2 fully saturated rings. The molecule has 0 atom stereocenters. The zero-order valence-electron chi connectivity index (χ0n) is 17.0. The van der Waals surface area contributed by atoms with E-state index < -0.39 is 0 Å². The molecule has 0 spiro atoms. The van der Waals surface area contributed by atoms with E-state index in [0.717, 1.165) is 18.3 Å². The summed E-state index contributed by atoms with van der Waals surface area (Å²) < 4.78 is 5.32. The molecule has 0 bridgehead atoms. The fourth-order valence-electron chi connectivity index (χ4n) is 5.22. The lowest BCUT2D eigenvalue weighted by molar-refractivity contribution is 0.338. The normalized spacial score (nSPS) is 21.0. The summed E-state index contributed by atoms with van der Waals surface area (Å²) in [7, 11) is 1.78. The van der Waals surface area contributed by atoms with E-state index in [-0.39, 0.29) is 0 Å². The Morgan fingerprint density at radius 2 is 1.48 bits per heavy atom. The molecular formula is C23H41BO. The Morgan fingerprint density at radius 1 is 0.880 bits per heavy atom. The SMILES string of the molecule is CCCCCC/C=C(\C=C/OC)B(C1CCCCC1)C1CCCCC1. The lowest BCUT2D eigenvalue weighted by atomic mass is 9.27. The van der Waals surface area contributed by atoms with E-state index in [9.17, 15) is 0 Å². The van der Waals surface area contributed by atoms with Crippen molar-refractivity contribution in [1.29, 1.82) is 0 Å². The standard InChI is InChI=1S/C23H41BO/c1-3-4-5-6-9-18-23(19-20-25-2)24(21-14-10-7-11-15-21)22-16-12-8-13-17-22/h18-22H,3-17H2,1-2H3/b20-19-,23-18+. The van der Waals surface area contributed by atoms with Crippen LogP contribution in [0.15, 0.2) is 23.9 Å². The molecule has 0 radical (unpaired) electrons. The lowest BCUT2D eigenvalue weighted by Crippen LogP contribution is -2.32. The highest BCUT2D eigenvalue weighted by atomic mass is 16.5. The van der Waals surface area contributed by atoms with E-state index in [1.165, 1.54) is 96.3 Å². The second-order valence-electron chi connectivity index (χ2n) is 8.41. The van der Waals surface area contributed by atoms with Gasteiger partial charge in [-0.15, -0.1) is 0 Å². The number of allylic oxidation sites excluding steroid dienone is 3. The maximum atomic E-state index is 5.32. The molecule has 2 heteroatoms. The third kappa shape index (κ3) is 7.23. The fraction of sp³-hybridized carbons (Fsp3) is 0.826. The predicted octanol–water partition coefficient (Wildman–Crippen LogP) is 7.75. The van der Waals surface area contributed by atoms with E-state index >= 15 is 0 Å². The van der Waals surface area contributed by atoms with Gasteiger partial charge in [0.2, 0.25) is 0 Å². The van der Waals surface area contributed by atoms with Crippen LogP contribution in [0, 0.1) is 0 Å². The Hall–Kier alpha value is -0.655. The maximum Gasteiger partial charge on any atom is 0.181 e. The molecule has 0 aliphatic heterocycles. The van der Waals surface area contributed by atoms with Crippen molar-refractivity contribution in [2.45, 2.75) is 115 Å². The molecule has 0 heterocycles. The zero-order valence-corrected chi connectivity index (χ0v) is 17.0. The molecule has 0 unspecified atom stereocenters. The van der Waals surface area contributed by atoms with Gasteiger partial charge in [-0.05, 0) is 18.9 Å². The highest BCUT2D eigenvalue weighted by molar-refractivity contribution is 6.70. The molecule has 142 valence electrons. The highest BCUT2D eigenvalue weighted by Gasteiger charge is 2.36. The van der Waals surface area contributed by atoms with Crippen LogP contribution in [0.25, 0.3) is 0 Å². The first-order valence-corrected chi connectivity index (χ1v) is 11.3. The minimum Gasteiger partial charge on any atom is -0.504 e. The van der Waals surface area contributed by atoms with Gasteiger partial charge < -0.3 is 4.74 Å². The summed E-state index contributed by atoms with van der Waals surface area (Å²) in [6, 6.07) is 0. The van der Waals surface area contributed by atoms with E-state index in [1.54, 1.807) is 12.6 Å². The number of ether oxygens (including phenoxy) is 1. The van der Waals surface area contributed by atoms with Gasteiger partial charge in [-0.2, -0.15) is 0 Å². The second kappa shape index (κ2) is 12.7. The van der Waals surface area contributed by atoms with Crippen LogP contribution in [0.3, 0.4) is 0 Å². The van der Waals surface area contributed by atoms with Gasteiger partial charge in [0.05, 0.1) is 13.4 Å². The van der Waals surface area contributed by atoms with Crippen LogP contribution in [0.1, 0.15) is 103 Å². The largest absolute Gasteiger partial charge is 0.504 e. The highest BCUT2D eigenvalue weighted by Crippen LogP contribution is 2.44. The van der Waals surface area contributed by atoms with E-state index in [1.807, 2.05) is 6.26 Å². The smallest absolute Gasteiger partial charge is 0.181 e. The average molecular weight is 344 g/mol. The van der Waals surface area contributed by atoms with Crippen LogP contribution in [0.5, 0.6) is 0 Å². The molecule has 0 amide bonds. The molecule has 0 aromatic heterocycles. The Balaban J connectivity index is 2.11. The van der Waals surface area contributed by atoms with Crippen LogP contribution in [-0.4, -0.2) is 13.8 Å². The number of rotatable bonds is 10. The van der Waals surface area contributed by atoms with Crippen molar-refractivity contribution in [2.75, 3.05) is 7.11 Å². The van der Waals surface area contributed by atoms with E-state index in [2.05, 4.69) is 19.1 Å². The summed E-state index contributed by atoms with van der Waals surface area (Å²) in [4.78, 5) is 0. The topological polar surface area (TPSA) is 9.23 Å². The minimum atomic E-state index is 0.790. The van der Waals surface area contributed by atoms with Gasteiger partial charge in [-0.1, -0.05) is 114 Å². The van der Waals surface area contributed by atoms with Crippen molar-refractivity contribution in [1.82, 2.24) is 0 Å². The maximum absolute atomic E-state index is 5.32. The number of hydrogen-bond donors (Lipinski definition) is 0. The first kappa shape index (κ1) is 20.7. The van der Waals surface area contributed by atoms with Gasteiger partial charge >= 0.3 is 0 Å². The molecule has 2 aliphatic carbocycles. The number of methoxy groups -OCH3 is 1. The van der Waals surface area contributed by atoms with Crippen molar-refractivity contribution in [3.05, 3.63) is 23.9 Å². The second-order valence-corrected chi connectivity index (χ2v) is 8.41. The molecule has 25 heavy (non-hydrogen) atoms. The molecule has 2 saturated carbocycles. The van der Waals surface area contributed by atoms with Crippen LogP contribution in [0.2, 0.25) is 11.6 Å². The van der Waals surface area contributed by atoms with Crippen LogP contribution >= 0.6 is 0 Å². The molecule has 2 aliphatic rings. The van der Waals surface area contributed by atoms with Gasteiger partial charge in [0, 0.05) is 0 Å². The molecule has 0 N–H and O–H groups in total. The minimum absolute atomic E-state index is 0.790. The van der Waals surface area contributed by atoms with Crippen molar-refractivity contribution < 1.29 is 4.74 Å². The van der Waals surface area contributed by atoms with Gasteiger partial charge in [0.25, 0.3) is 0 Å². The summed E-state index contributed by atoms with van der Waals surface area (Å²) in [5.74, 6) is 1.83. The molecular weight excluding hydrogens is 303 g/mol. The monoisotopic (exact) mass is 344 g/mol. The van der Waals surface area contributed by atoms with Crippen LogP contribution < -0.4 is 0 Å². The third-order valence-corrected chi connectivity index (χ3v) is 6.53. The lowest BCUT2D eigenvalue weighted by Gasteiger charge is -2.36. The van der Waals surface area contributed by atoms with Crippen molar-refractivity contribution in [3.63, 3.8) is 0 Å². The Kier molecular flexibility index (Phi) is 10.5. The van der Waals surface area contributed by atoms with Gasteiger partial charge in [-0.25, -0.2) is 0 Å². The summed E-state index contributed by atoms with van der Waals surface area (Å²) in [5.41, 5.74) is 1.61. The van der Waals surface area contributed by atoms with Gasteiger partial charge in [0.1, 0.15) is 0 Å². The average Bonchev–Trinajstić information content (AvgIpc) is 2.67. The van der Waals surface area contributed by atoms with Crippen molar-refractivity contribution >= 4 is 6.71 Å². The van der Waals surface area contributed by atoms with E-state index in [0.29, 0.717) is 0 Å². The quantitative estimate of drug-likeness (QED) is 0.170. The first-order chi connectivity index (χ1) is 12.4. The molecule has 0 aromatic rings. The Labute approximate surface area is 157 Å².